The molecule has 0 aromatic heterocycles. The van der Waals surface area contributed by atoms with Gasteiger partial charge in [-0.2, -0.15) is 0 Å². The Hall–Kier alpha value is -1.26. The van der Waals surface area contributed by atoms with Crippen molar-refractivity contribution in [2.24, 2.45) is 0 Å². The number of nitrogens with one attached hydrogen (secondary N) is 2. The molecule has 0 aliphatic carbocycles. The van der Waals surface area contributed by atoms with Crippen molar-refractivity contribution in [2.45, 2.75) is 52.1 Å². The third kappa shape index (κ3) is 5.06. The number of piperidine rings is 1. The molecule has 1 heterocycles. The van der Waals surface area contributed by atoms with Crippen molar-refractivity contribution >= 4 is 11.9 Å². The van der Waals surface area contributed by atoms with Gasteiger partial charge >= 0.3 is 6.03 Å². The molecule has 2 N–H and O–H groups in total. The van der Waals surface area contributed by atoms with Crippen molar-refractivity contribution in [2.75, 3.05) is 13.1 Å². The van der Waals surface area contributed by atoms with Gasteiger partial charge in [-0.3, -0.25) is 4.79 Å². The molecule has 0 atom stereocenters. The molecule has 0 saturated carbocycles. The summed E-state index contributed by atoms with van der Waals surface area (Å²) in [5.74, 6) is 0.00240. The van der Waals surface area contributed by atoms with Crippen LogP contribution in [0.5, 0.6) is 0 Å². The average molecular weight is 241 g/mol. The summed E-state index contributed by atoms with van der Waals surface area (Å²) >= 11 is 0. The molecule has 1 fully saturated rings. The average Bonchev–Trinajstić information content (AvgIpc) is 2.15. The molecule has 17 heavy (non-hydrogen) atoms. The van der Waals surface area contributed by atoms with Gasteiger partial charge in [0, 0.05) is 31.6 Å². The molecule has 0 spiro atoms. The molecule has 0 unspecified atom stereocenters. The molecule has 1 aliphatic heterocycles. The summed E-state index contributed by atoms with van der Waals surface area (Å²) in [5.41, 5.74) is -0.203. The van der Waals surface area contributed by atoms with Crippen molar-refractivity contribution in [1.29, 1.82) is 0 Å². The molecule has 1 aliphatic rings. The van der Waals surface area contributed by atoms with Crippen LogP contribution in [0.1, 0.15) is 40.5 Å². The van der Waals surface area contributed by atoms with E-state index in [1.165, 1.54) is 6.92 Å². The first kappa shape index (κ1) is 13.8. The Balaban J connectivity index is 2.36. The van der Waals surface area contributed by atoms with Crippen LogP contribution in [0.4, 0.5) is 4.79 Å². The second-order valence-corrected chi connectivity index (χ2v) is 5.64. The fraction of sp³-hybridized carbons (Fsp3) is 0.833. The number of likely N-dealkylation sites (tertiary alicyclic amines) is 1. The summed E-state index contributed by atoms with van der Waals surface area (Å²) in [6.07, 6.45) is 1.66. The number of hydrogen-bond acceptors (Lipinski definition) is 2. The number of hydrogen-bond donors (Lipinski definition) is 2. The lowest BCUT2D eigenvalue weighted by Gasteiger charge is -2.34. The quantitative estimate of drug-likeness (QED) is 0.722. The van der Waals surface area contributed by atoms with E-state index in [0.717, 1.165) is 12.8 Å². The summed E-state index contributed by atoms with van der Waals surface area (Å²) in [4.78, 5) is 24.6. The largest absolute Gasteiger partial charge is 0.353 e. The number of rotatable bonds is 1. The topological polar surface area (TPSA) is 61.4 Å². The van der Waals surface area contributed by atoms with Crippen LogP contribution >= 0.6 is 0 Å². The van der Waals surface area contributed by atoms with Crippen LogP contribution in [0.3, 0.4) is 0 Å². The van der Waals surface area contributed by atoms with Crippen LogP contribution in [-0.2, 0) is 4.79 Å². The highest BCUT2D eigenvalue weighted by molar-refractivity contribution is 5.75. The van der Waals surface area contributed by atoms with Crippen LogP contribution in [0.25, 0.3) is 0 Å². The molecule has 1 rings (SSSR count). The monoisotopic (exact) mass is 241 g/mol. The minimum atomic E-state index is -0.203. The van der Waals surface area contributed by atoms with Crippen LogP contribution < -0.4 is 10.6 Å². The molecular formula is C12H23N3O2. The van der Waals surface area contributed by atoms with Crippen LogP contribution in [0, 0.1) is 0 Å². The second kappa shape index (κ2) is 5.38. The maximum atomic E-state index is 11.9. The third-order valence-corrected chi connectivity index (χ3v) is 2.67. The van der Waals surface area contributed by atoms with Gasteiger partial charge in [-0.05, 0) is 33.6 Å². The van der Waals surface area contributed by atoms with E-state index in [1.54, 1.807) is 0 Å². The molecule has 98 valence electrons. The Bertz CT molecular complexity index is 289. The number of carbonyl (C=O) groups excluding carboxylic acids is 2. The van der Waals surface area contributed by atoms with Crippen molar-refractivity contribution < 1.29 is 9.59 Å². The molecule has 0 aromatic rings. The van der Waals surface area contributed by atoms with Gasteiger partial charge in [0.15, 0.2) is 0 Å². The molecular weight excluding hydrogens is 218 g/mol. The summed E-state index contributed by atoms with van der Waals surface area (Å²) in [6, 6.07) is 0.199. The molecule has 1 saturated heterocycles. The van der Waals surface area contributed by atoms with Gasteiger partial charge in [-0.15, -0.1) is 0 Å². The maximum absolute atomic E-state index is 11.9. The Morgan fingerprint density at radius 1 is 1.18 bits per heavy atom. The zero-order valence-electron chi connectivity index (χ0n) is 11.2. The van der Waals surface area contributed by atoms with Gasteiger partial charge in [-0.25, -0.2) is 4.79 Å². The van der Waals surface area contributed by atoms with E-state index in [4.69, 9.17) is 0 Å². The highest BCUT2D eigenvalue weighted by Crippen LogP contribution is 2.11. The van der Waals surface area contributed by atoms with Crippen LogP contribution in [0.2, 0.25) is 0 Å². The van der Waals surface area contributed by atoms with E-state index in [9.17, 15) is 9.59 Å². The Morgan fingerprint density at radius 3 is 2.12 bits per heavy atom. The Morgan fingerprint density at radius 2 is 1.71 bits per heavy atom. The second-order valence-electron chi connectivity index (χ2n) is 5.64. The summed E-state index contributed by atoms with van der Waals surface area (Å²) in [7, 11) is 0. The van der Waals surface area contributed by atoms with Crippen LogP contribution in [0.15, 0.2) is 0 Å². The highest BCUT2D eigenvalue weighted by Gasteiger charge is 2.25. The van der Waals surface area contributed by atoms with Gasteiger partial charge < -0.3 is 15.5 Å². The van der Waals surface area contributed by atoms with Crippen LogP contribution in [-0.4, -0.2) is 41.5 Å². The highest BCUT2D eigenvalue weighted by atomic mass is 16.2. The lowest BCUT2D eigenvalue weighted by atomic mass is 10.1. The van der Waals surface area contributed by atoms with Crippen molar-refractivity contribution in [1.82, 2.24) is 15.5 Å². The van der Waals surface area contributed by atoms with Gasteiger partial charge in [0.2, 0.25) is 5.91 Å². The molecule has 3 amide bonds. The molecule has 5 nitrogen and oxygen atoms in total. The van der Waals surface area contributed by atoms with Gasteiger partial charge in [0.25, 0.3) is 0 Å². The van der Waals surface area contributed by atoms with Crippen molar-refractivity contribution in [3.63, 3.8) is 0 Å². The molecule has 0 radical (unpaired) electrons. The summed E-state index contributed by atoms with van der Waals surface area (Å²) in [5, 5.41) is 5.84. The molecule has 0 bridgehead atoms. The molecule has 5 heteroatoms. The minimum absolute atomic E-state index is 0.00240. The lowest BCUT2D eigenvalue weighted by molar-refractivity contribution is -0.119. The van der Waals surface area contributed by atoms with Gasteiger partial charge in [-0.1, -0.05) is 0 Å². The van der Waals surface area contributed by atoms with Gasteiger partial charge in [0.05, 0.1) is 0 Å². The fourth-order valence-electron chi connectivity index (χ4n) is 1.91. The zero-order chi connectivity index (χ0) is 13.1. The lowest BCUT2D eigenvalue weighted by Crippen LogP contribution is -2.53. The first-order valence-corrected chi connectivity index (χ1v) is 6.12. The predicted octanol–water partition coefficient (Wildman–Crippen LogP) is 1.09. The SMILES string of the molecule is CC(=O)NC1CCN(C(=O)NC(C)(C)C)CC1. The summed E-state index contributed by atoms with van der Waals surface area (Å²) in [6.45, 7) is 8.83. The normalized spacial score (nSPS) is 17.8. The van der Waals surface area contributed by atoms with E-state index in [-0.39, 0.29) is 23.5 Å². The first-order valence-electron chi connectivity index (χ1n) is 6.12. The number of amides is 3. The van der Waals surface area contributed by atoms with E-state index < -0.39 is 0 Å². The number of nitrogens with zero attached hydrogens (tertiary/aromatic N) is 1. The smallest absolute Gasteiger partial charge is 0.317 e. The first-order chi connectivity index (χ1) is 7.78. The van der Waals surface area contributed by atoms with Gasteiger partial charge in [0.1, 0.15) is 0 Å². The standard InChI is InChI=1S/C12H23N3O2/c1-9(16)13-10-5-7-15(8-6-10)11(17)14-12(2,3)4/h10H,5-8H2,1-4H3,(H,13,16)(H,14,17). The minimum Gasteiger partial charge on any atom is -0.353 e. The fourth-order valence-corrected chi connectivity index (χ4v) is 1.91. The van der Waals surface area contributed by atoms with E-state index in [1.807, 2.05) is 25.7 Å². The maximum Gasteiger partial charge on any atom is 0.317 e. The third-order valence-electron chi connectivity index (χ3n) is 2.67. The van der Waals surface area contributed by atoms with E-state index >= 15 is 0 Å². The Labute approximate surface area is 103 Å². The zero-order valence-corrected chi connectivity index (χ0v) is 11.2. The Kier molecular flexibility index (Phi) is 4.37. The number of carbonyl (C=O) groups is 2. The van der Waals surface area contributed by atoms with Crippen molar-refractivity contribution in [3.8, 4) is 0 Å². The van der Waals surface area contributed by atoms with Crippen molar-refractivity contribution in [3.05, 3.63) is 0 Å². The predicted molar refractivity (Wildman–Crippen MR) is 66.7 cm³/mol. The van der Waals surface area contributed by atoms with E-state index in [0.29, 0.717) is 13.1 Å². The number of urea groups is 1. The van der Waals surface area contributed by atoms with E-state index in [2.05, 4.69) is 10.6 Å². The summed E-state index contributed by atoms with van der Waals surface area (Å²) < 4.78 is 0. The molecule has 0 aromatic carbocycles.